The molecule has 0 aliphatic carbocycles. The van der Waals surface area contributed by atoms with Gasteiger partial charge in [-0.15, -0.1) is 0 Å². The van der Waals surface area contributed by atoms with Crippen molar-refractivity contribution in [2.75, 3.05) is 19.6 Å². The largest absolute Gasteiger partial charge is 0.491 e. The summed E-state index contributed by atoms with van der Waals surface area (Å²) in [6, 6.07) is 7.52. The van der Waals surface area contributed by atoms with Crippen LogP contribution in [0.3, 0.4) is 0 Å². The van der Waals surface area contributed by atoms with Crippen LogP contribution in [0.15, 0.2) is 41.7 Å². The summed E-state index contributed by atoms with van der Waals surface area (Å²) >= 11 is 0. The fourth-order valence-corrected chi connectivity index (χ4v) is 2.57. The molecule has 148 valence electrons. The van der Waals surface area contributed by atoms with Gasteiger partial charge >= 0.3 is 0 Å². The molecular weight excluding hydrogens is 342 g/mol. The van der Waals surface area contributed by atoms with Gasteiger partial charge in [0.1, 0.15) is 5.75 Å². The van der Waals surface area contributed by atoms with Gasteiger partial charge in [-0.3, -0.25) is 9.67 Å². The molecule has 27 heavy (non-hydrogen) atoms. The number of aromatic nitrogens is 2. The maximum Gasteiger partial charge on any atom is 0.191 e. The fourth-order valence-electron chi connectivity index (χ4n) is 2.57. The Bertz CT molecular complexity index is 727. The van der Waals surface area contributed by atoms with E-state index in [9.17, 15) is 5.11 Å². The van der Waals surface area contributed by atoms with Gasteiger partial charge < -0.3 is 20.5 Å². The lowest BCUT2D eigenvalue weighted by Crippen LogP contribution is -2.39. The zero-order valence-corrected chi connectivity index (χ0v) is 16.6. The van der Waals surface area contributed by atoms with Gasteiger partial charge in [-0.05, 0) is 51.0 Å². The molecule has 0 fully saturated rings. The molecule has 3 N–H and O–H groups in total. The molecule has 0 saturated carbocycles. The van der Waals surface area contributed by atoms with Gasteiger partial charge in [-0.1, -0.05) is 12.1 Å². The number of aryl methyl sites for hydroxylation is 1. The highest BCUT2D eigenvalue weighted by molar-refractivity contribution is 5.79. The second kappa shape index (κ2) is 10.6. The summed E-state index contributed by atoms with van der Waals surface area (Å²) in [6.45, 7) is 10.4. The maximum absolute atomic E-state index is 10.5. The van der Waals surface area contributed by atoms with Crippen molar-refractivity contribution in [1.29, 1.82) is 0 Å². The lowest BCUT2D eigenvalue weighted by Gasteiger charge is -2.15. The van der Waals surface area contributed by atoms with Crippen molar-refractivity contribution in [3.8, 4) is 5.75 Å². The number of hydrogen-bond donors (Lipinski definition) is 3. The zero-order chi connectivity index (χ0) is 19.6. The van der Waals surface area contributed by atoms with Crippen LogP contribution in [0.1, 0.15) is 38.0 Å². The predicted molar refractivity (Wildman–Crippen MR) is 108 cm³/mol. The number of rotatable bonds is 9. The van der Waals surface area contributed by atoms with Crippen LogP contribution in [-0.4, -0.2) is 46.6 Å². The van der Waals surface area contributed by atoms with E-state index in [2.05, 4.69) is 20.7 Å². The average Bonchev–Trinajstić information content (AvgIpc) is 3.04. The normalized spacial score (nSPS) is 12.9. The summed E-state index contributed by atoms with van der Waals surface area (Å²) < 4.78 is 7.58. The van der Waals surface area contributed by atoms with Gasteiger partial charge in [0.2, 0.25) is 0 Å². The molecule has 2 rings (SSSR count). The lowest BCUT2D eigenvalue weighted by atomic mass is 10.1. The summed E-state index contributed by atoms with van der Waals surface area (Å²) in [5.41, 5.74) is 1.93. The Labute approximate surface area is 161 Å². The van der Waals surface area contributed by atoms with E-state index in [4.69, 9.17) is 4.74 Å². The number of nitrogens with zero attached hydrogens (tertiary/aromatic N) is 3. The van der Waals surface area contributed by atoms with E-state index in [1.807, 2.05) is 69.0 Å². The standard InChI is InChI=1S/C20H31N5O2/c1-5-21-20(22-9-10-25-14-16(4)12-24-25)23-13-19(26)17-7-6-8-18(11-17)27-15(2)3/h6-8,11-12,14-15,19,26H,5,9-10,13H2,1-4H3,(H2,21,22,23). The maximum atomic E-state index is 10.5. The van der Waals surface area contributed by atoms with Crippen molar-refractivity contribution in [3.05, 3.63) is 47.8 Å². The Morgan fingerprint density at radius 2 is 2.15 bits per heavy atom. The van der Waals surface area contributed by atoms with Crippen LogP contribution in [0.4, 0.5) is 0 Å². The molecule has 0 saturated heterocycles. The number of guanidine groups is 1. The minimum absolute atomic E-state index is 0.0959. The molecule has 1 aromatic carbocycles. The fraction of sp³-hybridized carbons (Fsp3) is 0.500. The monoisotopic (exact) mass is 373 g/mol. The number of ether oxygens (including phenoxy) is 1. The summed E-state index contributed by atoms with van der Waals surface area (Å²) in [5.74, 6) is 1.43. The van der Waals surface area contributed by atoms with Crippen molar-refractivity contribution >= 4 is 5.96 Å². The van der Waals surface area contributed by atoms with Gasteiger partial charge in [-0.25, -0.2) is 0 Å². The summed E-state index contributed by atoms with van der Waals surface area (Å²) in [7, 11) is 0. The predicted octanol–water partition coefficient (Wildman–Crippen LogP) is 2.27. The van der Waals surface area contributed by atoms with Crippen LogP contribution in [0.2, 0.25) is 0 Å². The lowest BCUT2D eigenvalue weighted by molar-refractivity contribution is 0.185. The first kappa shape index (κ1) is 20.8. The first-order valence-electron chi connectivity index (χ1n) is 9.44. The number of hydrogen-bond acceptors (Lipinski definition) is 4. The molecular formula is C20H31N5O2. The number of aliphatic hydroxyl groups excluding tert-OH is 1. The topological polar surface area (TPSA) is 83.7 Å². The summed E-state index contributed by atoms with van der Waals surface area (Å²) in [6.07, 6.45) is 3.25. The average molecular weight is 374 g/mol. The van der Waals surface area contributed by atoms with Gasteiger partial charge in [0.25, 0.3) is 0 Å². The highest BCUT2D eigenvalue weighted by Crippen LogP contribution is 2.20. The zero-order valence-electron chi connectivity index (χ0n) is 16.6. The number of aliphatic hydroxyl groups is 1. The Morgan fingerprint density at radius 1 is 1.33 bits per heavy atom. The summed E-state index contributed by atoms with van der Waals surface area (Å²) in [5, 5.41) is 21.2. The van der Waals surface area contributed by atoms with Gasteiger partial charge in [0.05, 0.1) is 31.5 Å². The number of nitrogens with one attached hydrogen (secondary N) is 2. The van der Waals surface area contributed by atoms with Crippen LogP contribution >= 0.6 is 0 Å². The number of aliphatic imine (C=N–C) groups is 1. The first-order valence-corrected chi connectivity index (χ1v) is 9.44. The van der Waals surface area contributed by atoms with Crippen LogP contribution in [0.5, 0.6) is 5.75 Å². The molecule has 0 bridgehead atoms. The third-order valence-corrected chi connectivity index (χ3v) is 3.78. The second-order valence-electron chi connectivity index (χ2n) is 6.68. The van der Waals surface area contributed by atoms with E-state index >= 15 is 0 Å². The van der Waals surface area contributed by atoms with Crippen LogP contribution < -0.4 is 15.4 Å². The molecule has 7 nitrogen and oxygen atoms in total. The molecule has 7 heteroatoms. The smallest absolute Gasteiger partial charge is 0.191 e. The number of benzene rings is 1. The van der Waals surface area contributed by atoms with Crippen molar-refractivity contribution in [3.63, 3.8) is 0 Å². The Kier molecular flexibility index (Phi) is 8.13. The second-order valence-corrected chi connectivity index (χ2v) is 6.68. The van der Waals surface area contributed by atoms with Crippen LogP contribution in [-0.2, 0) is 6.54 Å². The Hall–Kier alpha value is -2.54. The van der Waals surface area contributed by atoms with Crippen LogP contribution in [0.25, 0.3) is 0 Å². The molecule has 1 heterocycles. The third kappa shape index (κ3) is 7.30. The molecule has 0 radical (unpaired) electrons. The van der Waals surface area contributed by atoms with E-state index < -0.39 is 6.10 Å². The van der Waals surface area contributed by atoms with E-state index in [0.717, 1.165) is 30.0 Å². The quantitative estimate of drug-likeness (QED) is 0.464. The first-order chi connectivity index (χ1) is 13.0. The molecule has 1 aromatic heterocycles. The van der Waals surface area contributed by atoms with Crippen molar-refractivity contribution in [2.24, 2.45) is 4.99 Å². The van der Waals surface area contributed by atoms with Gasteiger partial charge in [0, 0.05) is 19.3 Å². The van der Waals surface area contributed by atoms with Gasteiger partial charge in [0.15, 0.2) is 5.96 Å². The van der Waals surface area contributed by atoms with Gasteiger partial charge in [-0.2, -0.15) is 5.10 Å². The van der Waals surface area contributed by atoms with E-state index in [-0.39, 0.29) is 12.6 Å². The van der Waals surface area contributed by atoms with E-state index in [0.29, 0.717) is 12.5 Å². The molecule has 1 atom stereocenters. The Morgan fingerprint density at radius 3 is 2.81 bits per heavy atom. The van der Waals surface area contributed by atoms with Crippen molar-refractivity contribution < 1.29 is 9.84 Å². The molecule has 2 aromatic rings. The molecule has 0 spiro atoms. The highest BCUT2D eigenvalue weighted by atomic mass is 16.5. The van der Waals surface area contributed by atoms with E-state index in [1.165, 1.54) is 0 Å². The SMILES string of the molecule is CCNC(=NCC(O)c1cccc(OC(C)C)c1)NCCn1cc(C)cn1. The van der Waals surface area contributed by atoms with Crippen LogP contribution in [0, 0.1) is 6.92 Å². The summed E-state index contributed by atoms with van der Waals surface area (Å²) in [4.78, 5) is 4.49. The third-order valence-electron chi connectivity index (χ3n) is 3.78. The molecule has 0 aliphatic rings. The van der Waals surface area contributed by atoms with Crippen molar-refractivity contribution in [1.82, 2.24) is 20.4 Å². The molecule has 1 unspecified atom stereocenters. The minimum atomic E-state index is -0.690. The van der Waals surface area contributed by atoms with E-state index in [1.54, 1.807) is 0 Å². The highest BCUT2D eigenvalue weighted by Gasteiger charge is 2.09. The molecule has 0 aliphatic heterocycles. The van der Waals surface area contributed by atoms with Crippen molar-refractivity contribution in [2.45, 2.75) is 46.4 Å². The molecule has 0 amide bonds. The Balaban J connectivity index is 1.90. The minimum Gasteiger partial charge on any atom is -0.491 e.